The molecule has 2 aromatic rings. The lowest BCUT2D eigenvalue weighted by Gasteiger charge is -2.20. The number of phenolic OH excluding ortho intramolecular Hbond substituents is 1. The van der Waals surface area contributed by atoms with Gasteiger partial charge in [-0.15, -0.1) is 0 Å². The second-order valence-electron chi connectivity index (χ2n) is 8.10. The number of benzene rings is 2. The van der Waals surface area contributed by atoms with Crippen LogP contribution in [-0.4, -0.2) is 22.3 Å². The van der Waals surface area contributed by atoms with E-state index in [2.05, 4.69) is 45.9 Å². The largest absolute Gasteiger partial charge is 0.508 e. The van der Waals surface area contributed by atoms with Crippen molar-refractivity contribution >= 4 is 7.37 Å². The molecule has 0 bridgehead atoms. The van der Waals surface area contributed by atoms with Gasteiger partial charge in [-0.1, -0.05) is 52.0 Å². The third kappa shape index (κ3) is 5.46. The molecule has 0 aliphatic carbocycles. The molecule has 0 spiro atoms. The van der Waals surface area contributed by atoms with Crippen molar-refractivity contribution in [1.29, 1.82) is 0 Å². The summed E-state index contributed by atoms with van der Waals surface area (Å²) in [6.07, 6.45) is 1.48. The predicted octanol–water partition coefficient (Wildman–Crippen LogP) is 6.12. The third-order valence-corrected chi connectivity index (χ3v) is 7.54. The lowest BCUT2D eigenvalue weighted by Crippen LogP contribution is -2.05. The molecule has 27 heavy (non-hydrogen) atoms. The van der Waals surface area contributed by atoms with E-state index in [0.29, 0.717) is 18.1 Å². The molecule has 148 valence electrons. The highest BCUT2D eigenvalue weighted by Gasteiger charge is 2.21. The minimum Gasteiger partial charge on any atom is -0.508 e. The van der Waals surface area contributed by atoms with Crippen molar-refractivity contribution in [3.8, 4) is 5.75 Å². The van der Waals surface area contributed by atoms with Gasteiger partial charge in [-0.05, 0) is 71.6 Å². The summed E-state index contributed by atoms with van der Waals surface area (Å²) in [6, 6.07) is 10.2. The van der Waals surface area contributed by atoms with Gasteiger partial charge in [0.15, 0.2) is 0 Å². The van der Waals surface area contributed by atoms with Gasteiger partial charge in [-0.25, -0.2) is 0 Å². The minimum atomic E-state index is -3.04. The SMILES string of the molecule is CCP(=O)(O)CC(C)c1cc(C)c(Cc2ccc(O)c(C(C)C)c2)c(C)c1. The Morgan fingerprint density at radius 2 is 1.63 bits per heavy atom. The van der Waals surface area contributed by atoms with E-state index >= 15 is 0 Å². The Kier molecular flexibility index (Phi) is 6.94. The number of hydrogen-bond acceptors (Lipinski definition) is 2. The van der Waals surface area contributed by atoms with Crippen LogP contribution in [0.3, 0.4) is 0 Å². The predicted molar refractivity (Wildman–Crippen MR) is 115 cm³/mol. The van der Waals surface area contributed by atoms with Crippen molar-refractivity contribution in [3.63, 3.8) is 0 Å². The van der Waals surface area contributed by atoms with Crippen LogP contribution in [0.15, 0.2) is 30.3 Å². The first-order valence-corrected chi connectivity index (χ1v) is 11.8. The Balaban J connectivity index is 2.30. The molecule has 0 aliphatic heterocycles. The fraction of sp³-hybridized carbons (Fsp3) is 0.478. The molecule has 0 saturated carbocycles. The standard InChI is InChI=1S/C23H33O3P/c1-7-27(25,26)14-18(6)20-10-16(4)22(17(5)11-20)13-19-8-9-23(24)21(12-19)15(2)3/h8-12,15,18,24H,7,13-14H2,1-6H3,(H,25,26). The van der Waals surface area contributed by atoms with Gasteiger partial charge in [-0.2, -0.15) is 0 Å². The smallest absolute Gasteiger partial charge is 0.200 e. The Bertz CT molecular complexity index is 832. The van der Waals surface area contributed by atoms with E-state index in [9.17, 15) is 14.6 Å². The minimum absolute atomic E-state index is 0.0634. The highest BCUT2D eigenvalue weighted by molar-refractivity contribution is 7.58. The molecule has 0 heterocycles. The van der Waals surface area contributed by atoms with Gasteiger partial charge in [-0.3, -0.25) is 4.57 Å². The number of phenols is 1. The Labute approximate surface area is 163 Å². The van der Waals surface area contributed by atoms with E-state index in [1.54, 1.807) is 13.0 Å². The van der Waals surface area contributed by atoms with Gasteiger partial charge < -0.3 is 10.00 Å². The van der Waals surface area contributed by atoms with Crippen LogP contribution in [-0.2, 0) is 11.0 Å². The average Bonchev–Trinajstić information content (AvgIpc) is 2.58. The summed E-state index contributed by atoms with van der Waals surface area (Å²) in [4.78, 5) is 9.97. The average molecular weight is 388 g/mol. The van der Waals surface area contributed by atoms with Crippen LogP contribution in [0.1, 0.15) is 72.9 Å². The van der Waals surface area contributed by atoms with Gasteiger partial charge in [0.05, 0.1) is 0 Å². The molecule has 0 radical (unpaired) electrons. The van der Waals surface area contributed by atoms with Gasteiger partial charge in [0.2, 0.25) is 7.37 Å². The summed E-state index contributed by atoms with van der Waals surface area (Å²) in [5.41, 5.74) is 7.00. The zero-order chi connectivity index (χ0) is 20.4. The first-order valence-electron chi connectivity index (χ1n) is 9.76. The number of rotatable bonds is 7. The molecular formula is C23H33O3P. The summed E-state index contributed by atoms with van der Waals surface area (Å²) < 4.78 is 12.1. The van der Waals surface area contributed by atoms with E-state index in [1.807, 2.05) is 13.0 Å². The molecule has 0 amide bonds. The van der Waals surface area contributed by atoms with E-state index in [1.165, 1.54) is 22.3 Å². The highest BCUT2D eigenvalue weighted by atomic mass is 31.2. The number of aromatic hydroxyl groups is 1. The quantitative estimate of drug-likeness (QED) is 0.562. The molecule has 3 nitrogen and oxygen atoms in total. The van der Waals surface area contributed by atoms with E-state index in [0.717, 1.165) is 17.5 Å². The second-order valence-corrected chi connectivity index (χ2v) is 10.8. The van der Waals surface area contributed by atoms with Crippen LogP contribution in [0.5, 0.6) is 5.75 Å². The second kappa shape index (κ2) is 8.63. The zero-order valence-electron chi connectivity index (χ0n) is 17.4. The molecule has 2 atom stereocenters. The maximum atomic E-state index is 12.1. The van der Waals surface area contributed by atoms with E-state index < -0.39 is 7.37 Å². The molecule has 0 fully saturated rings. The van der Waals surface area contributed by atoms with Gasteiger partial charge in [0.1, 0.15) is 5.75 Å². The molecule has 4 heteroatoms. The topological polar surface area (TPSA) is 57.5 Å². The van der Waals surface area contributed by atoms with E-state index in [4.69, 9.17) is 0 Å². The monoisotopic (exact) mass is 388 g/mol. The molecule has 2 N–H and O–H groups in total. The van der Waals surface area contributed by atoms with E-state index in [-0.39, 0.29) is 11.8 Å². The molecule has 2 aromatic carbocycles. The van der Waals surface area contributed by atoms with Crippen LogP contribution in [0.4, 0.5) is 0 Å². The van der Waals surface area contributed by atoms with Crippen LogP contribution in [0.25, 0.3) is 0 Å². The first kappa shape index (κ1) is 21.7. The van der Waals surface area contributed by atoms with Crippen molar-refractivity contribution < 1.29 is 14.6 Å². The van der Waals surface area contributed by atoms with Crippen LogP contribution >= 0.6 is 7.37 Å². The molecule has 0 aromatic heterocycles. The van der Waals surface area contributed by atoms with Crippen molar-refractivity contribution in [2.24, 2.45) is 0 Å². The summed E-state index contributed by atoms with van der Waals surface area (Å²) in [7, 11) is -3.04. The fourth-order valence-corrected chi connectivity index (χ4v) is 4.96. The van der Waals surface area contributed by atoms with Crippen molar-refractivity contribution in [2.45, 2.75) is 59.8 Å². The number of hydrogen-bond donors (Lipinski definition) is 2. The summed E-state index contributed by atoms with van der Waals surface area (Å²) in [5, 5.41) is 10.0. The first-order chi connectivity index (χ1) is 12.5. The normalized spacial score (nSPS) is 15.0. The Hall–Kier alpha value is -1.57. The van der Waals surface area contributed by atoms with Crippen molar-refractivity contribution in [3.05, 3.63) is 63.7 Å². The highest BCUT2D eigenvalue weighted by Crippen LogP contribution is 2.44. The van der Waals surface area contributed by atoms with Crippen molar-refractivity contribution in [1.82, 2.24) is 0 Å². The lowest BCUT2D eigenvalue weighted by molar-refractivity contribution is 0.464. The van der Waals surface area contributed by atoms with Gasteiger partial charge in [0.25, 0.3) is 0 Å². The maximum absolute atomic E-state index is 12.1. The molecule has 2 unspecified atom stereocenters. The maximum Gasteiger partial charge on any atom is 0.200 e. The van der Waals surface area contributed by atoms with Crippen LogP contribution in [0.2, 0.25) is 0 Å². The number of aryl methyl sites for hydroxylation is 2. The van der Waals surface area contributed by atoms with Crippen molar-refractivity contribution in [2.75, 3.05) is 12.3 Å². The molecule has 2 rings (SSSR count). The summed E-state index contributed by atoms with van der Waals surface area (Å²) in [5.74, 6) is 0.701. The molecule has 0 saturated heterocycles. The van der Waals surface area contributed by atoms with Gasteiger partial charge >= 0.3 is 0 Å². The zero-order valence-corrected chi connectivity index (χ0v) is 18.3. The third-order valence-electron chi connectivity index (χ3n) is 5.44. The summed E-state index contributed by atoms with van der Waals surface area (Å²) >= 11 is 0. The Morgan fingerprint density at radius 1 is 1.04 bits per heavy atom. The summed E-state index contributed by atoms with van der Waals surface area (Å²) in [6.45, 7) is 12.2. The molecular weight excluding hydrogens is 355 g/mol. The Morgan fingerprint density at radius 3 is 2.15 bits per heavy atom. The van der Waals surface area contributed by atoms with Crippen LogP contribution < -0.4 is 0 Å². The lowest BCUT2D eigenvalue weighted by atomic mass is 9.89. The fourth-order valence-electron chi connectivity index (χ4n) is 3.63. The molecule has 0 aliphatic rings. The van der Waals surface area contributed by atoms with Crippen LogP contribution in [0, 0.1) is 13.8 Å². The van der Waals surface area contributed by atoms with Gasteiger partial charge in [0, 0.05) is 12.3 Å².